The molecule has 1 aromatic heterocycles. The Bertz CT molecular complexity index is 404. The summed E-state index contributed by atoms with van der Waals surface area (Å²) in [6.45, 7) is 16.5. The van der Waals surface area contributed by atoms with Gasteiger partial charge in [-0.15, -0.1) is 11.3 Å². The first-order valence-corrected chi connectivity index (χ1v) is 10.5. The normalized spacial score (nSPS) is 13.2. The first-order valence-electron chi connectivity index (χ1n) is 5.94. The van der Waals surface area contributed by atoms with Crippen LogP contribution in [0, 0.1) is 13.8 Å². The van der Waals surface area contributed by atoms with Gasteiger partial charge in [0.15, 0.2) is 8.32 Å². The van der Waals surface area contributed by atoms with E-state index in [0.717, 1.165) is 6.61 Å². The van der Waals surface area contributed by atoms with Crippen LogP contribution >= 0.6 is 27.3 Å². The molecule has 0 N–H and O–H groups in total. The van der Waals surface area contributed by atoms with Gasteiger partial charge in [0, 0.05) is 19.8 Å². The molecular formula is C13H23BrOSSi. The van der Waals surface area contributed by atoms with E-state index in [-0.39, 0.29) is 5.04 Å². The third-order valence-electron chi connectivity index (χ3n) is 3.69. The molecule has 0 atom stereocenters. The molecule has 1 rings (SSSR count). The van der Waals surface area contributed by atoms with E-state index in [2.05, 4.69) is 63.6 Å². The number of hydrogen-bond donors (Lipinski definition) is 0. The Balaban J connectivity index is 2.81. The van der Waals surface area contributed by atoms with Crippen molar-refractivity contribution in [2.24, 2.45) is 0 Å². The molecule has 0 bridgehead atoms. The maximum atomic E-state index is 6.27. The highest BCUT2D eigenvalue weighted by Crippen LogP contribution is 2.39. The molecule has 4 heteroatoms. The van der Waals surface area contributed by atoms with E-state index in [1.165, 1.54) is 19.8 Å². The fourth-order valence-corrected chi connectivity index (χ4v) is 4.02. The van der Waals surface area contributed by atoms with Gasteiger partial charge in [0.05, 0.1) is 6.61 Å². The summed E-state index contributed by atoms with van der Waals surface area (Å²) in [4.78, 5) is 2.71. The molecule has 0 aromatic carbocycles. The van der Waals surface area contributed by atoms with Crippen LogP contribution < -0.4 is 0 Å². The third-order valence-corrected chi connectivity index (χ3v) is 10.6. The summed E-state index contributed by atoms with van der Waals surface area (Å²) in [7, 11) is -1.64. The van der Waals surface area contributed by atoms with Crippen LogP contribution in [0.5, 0.6) is 0 Å². The Morgan fingerprint density at radius 1 is 1.18 bits per heavy atom. The molecule has 1 nitrogen and oxygen atoms in total. The summed E-state index contributed by atoms with van der Waals surface area (Å²) >= 11 is 5.51. The van der Waals surface area contributed by atoms with Gasteiger partial charge in [-0.2, -0.15) is 0 Å². The van der Waals surface area contributed by atoms with E-state index in [9.17, 15) is 0 Å². The molecule has 0 radical (unpaired) electrons. The second-order valence-electron chi connectivity index (χ2n) is 6.06. The summed E-state index contributed by atoms with van der Waals surface area (Å²) in [6.07, 6.45) is 0. The molecule has 0 saturated heterocycles. The zero-order valence-corrected chi connectivity index (χ0v) is 15.3. The van der Waals surface area contributed by atoms with Crippen LogP contribution in [0.2, 0.25) is 18.1 Å². The average Bonchev–Trinajstić information content (AvgIpc) is 2.37. The van der Waals surface area contributed by atoms with E-state index in [1.54, 1.807) is 0 Å². The zero-order chi connectivity index (χ0) is 13.4. The Hall–Kier alpha value is 0.357. The molecule has 17 heavy (non-hydrogen) atoms. The third kappa shape index (κ3) is 3.43. The highest BCUT2D eigenvalue weighted by atomic mass is 79.9. The summed E-state index contributed by atoms with van der Waals surface area (Å²) in [5.74, 6) is 0. The molecule has 0 aliphatic carbocycles. The lowest BCUT2D eigenvalue weighted by Gasteiger charge is -2.36. The molecule has 0 unspecified atom stereocenters. The Morgan fingerprint density at radius 2 is 1.71 bits per heavy atom. The number of halogens is 1. The van der Waals surface area contributed by atoms with Crippen molar-refractivity contribution in [1.82, 2.24) is 0 Å². The Labute approximate surface area is 119 Å². The van der Waals surface area contributed by atoms with Gasteiger partial charge in [-0.3, -0.25) is 0 Å². The van der Waals surface area contributed by atoms with Crippen LogP contribution in [0.1, 0.15) is 36.1 Å². The second-order valence-corrected chi connectivity index (χ2v) is 13.1. The topological polar surface area (TPSA) is 9.23 Å². The van der Waals surface area contributed by atoms with E-state index in [4.69, 9.17) is 4.43 Å². The lowest BCUT2D eigenvalue weighted by molar-refractivity contribution is 0.275. The first kappa shape index (κ1) is 15.4. The zero-order valence-electron chi connectivity index (χ0n) is 11.9. The minimum absolute atomic E-state index is 0.276. The summed E-state index contributed by atoms with van der Waals surface area (Å²) in [5, 5.41) is 0.276. The second kappa shape index (κ2) is 5.15. The SMILES string of the molecule is Cc1sc(C)c(CO[Si](C)(C)C(C)(C)C)c1Br. The van der Waals surface area contributed by atoms with Crippen molar-refractivity contribution in [2.75, 3.05) is 0 Å². The van der Waals surface area contributed by atoms with Crippen LogP contribution in [0.15, 0.2) is 4.47 Å². The van der Waals surface area contributed by atoms with Gasteiger partial charge in [-0.25, -0.2) is 0 Å². The van der Waals surface area contributed by atoms with Crippen molar-refractivity contribution >= 4 is 35.6 Å². The number of rotatable bonds is 3. The van der Waals surface area contributed by atoms with Crippen molar-refractivity contribution in [2.45, 2.75) is 59.4 Å². The van der Waals surface area contributed by atoms with Gasteiger partial charge >= 0.3 is 0 Å². The lowest BCUT2D eigenvalue weighted by atomic mass is 10.2. The minimum atomic E-state index is -1.64. The molecular weight excluding hydrogens is 312 g/mol. The van der Waals surface area contributed by atoms with Gasteiger partial charge in [-0.1, -0.05) is 20.8 Å². The smallest absolute Gasteiger partial charge is 0.192 e. The number of aryl methyl sites for hydroxylation is 2. The van der Waals surface area contributed by atoms with Gasteiger partial charge in [0.1, 0.15) is 0 Å². The molecule has 98 valence electrons. The fraction of sp³-hybridized carbons (Fsp3) is 0.692. The quantitative estimate of drug-likeness (QED) is 0.649. The van der Waals surface area contributed by atoms with E-state index in [0.29, 0.717) is 0 Å². The highest BCUT2D eigenvalue weighted by Gasteiger charge is 2.37. The molecule has 0 amide bonds. The van der Waals surface area contributed by atoms with Crippen molar-refractivity contribution in [3.8, 4) is 0 Å². The Morgan fingerprint density at radius 3 is 2.06 bits per heavy atom. The van der Waals surface area contributed by atoms with E-state index in [1.807, 2.05) is 11.3 Å². The van der Waals surface area contributed by atoms with Crippen molar-refractivity contribution in [3.05, 3.63) is 19.8 Å². The fourth-order valence-electron chi connectivity index (χ4n) is 1.34. The molecule has 0 aliphatic heterocycles. The van der Waals surface area contributed by atoms with Gasteiger partial charge in [0.25, 0.3) is 0 Å². The monoisotopic (exact) mass is 334 g/mol. The van der Waals surface area contributed by atoms with Crippen LogP contribution in [0.4, 0.5) is 0 Å². The Kier molecular flexibility index (Phi) is 4.67. The van der Waals surface area contributed by atoms with Crippen LogP contribution in [-0.2, 0) is 11.0 Å². The first-order chi connectivity index (χ1) is 7.56. The van der Waals surface area contributed by atoms with Crippen LogP contribution in [0.25, 0.3) is 0 Å². The predicted octanol–water partition coefficient (Wildman–Crippen LogP) is 5.65. The molecule has 0 fully saturated rings. The standard InChI is InChI=1S/C13H23BrOSSi/c1-9-11(12(14)10(2)16-9)8-15-17(6,7)13(3,4)5/h8H2,1-7H3. The van der Waals surface area contributed by atoms with Crippen LogP contribution in [-0.4, -0.2) is 8.32 Å². The highest BCUT2D eigenvalue weighted by molar-refractivity contribution is 9.10. The van der Waals surface area contributed by atoms with Gasteiger partial charge in [-0.05, 0) is 47.9 Å². The average molecular weight is 335 g/mol. The molecule has 1 aromatic rings. The minimum Gasteiger partial charge on any atom is -0.412 e. The van der Waals surface area contributed by atoms with Crippen LogP contribution in [0.3, 0.4) is 0 Å². The summed E-state index contributed by atoms with van der Waals surface area (Å²) in [5.41, 5.74) is 1.33. The summed E-state index contributed by atoms with van der Waals surface area (Å²) in [6, 6.07) is 0. The molecule has 0 saturated carbocycles. The predicted molar refractivity (Wildman–Crippen MR) is 83.5 cm³/mol. The number of hydrogen-bond acceptors (Lipinski definition) is 2. The molecule has 1 heterocycles. The largest absolute Gasteiger partial charge is 0.412 e. The van der Waals surface area contributed by atoms with Gasteiger partial charge < -0.3 is 4.43 Å². The van der Waals surface area contributed by atoms with Crippen molar-refractivity contribution < 1.29 is 4.43 Å². The molecule has 0 aliphatic rings. The molecule has 0 spiro atoms. The van der Waals surface area contributed by atoms with E-state index < -0.39 is 8.32 Å². The lowest BCUT2D eigenvalue weighted by Crippen LogP contribution is -2.40. The summed E-state index contributed by atoms with van der Waals surface area (Å²) < 4.78 is 7.51. The maximum absolute atomic E-state index is 6.27. The van der Waals surface area contributed by atoms with E-state index >= 15 is 0 Å². The number of thiophene rings is 1. The maximum Gasteiger partial charge on any atom is 0.192 e. The van der Waals surface area contributed by atoms with Crippen molar-refractivity contribution in [1.29, 1.82) is 0 Å². The van der Waals surface area contributed by atoms with Crippen molar-refractivity contribution in [3.63, 3.8) is 0 Å². The van der Waals surface area contributed by atoms with Gasteiger partial charge in [0.2, 0.25) is 0 Å².